The SMILES string of the molecule is Cc1cc(-c2nc3ccc(N)c(C=N)c3c3c2CCC3)cc(C)c1O. The molecule has 3 aromatic rings. The van der Waals surface area contributed by atoms with Gasteiger partial charge in [0.25, 0.3) is 0 Å². The molecular formula is C21H21N3O. The normalized spacial score (nSPS) is 13.2. The van der Waals surface area contributed by atoms with Gasteiger partial charge in [-0.25, -0.2) is 4.98 Å². The number of phenols is 1. The summed E-state index contributed by atoms with van der Waals surface area (Å²) in [6, 6.07) is 7.78. The third-order valence-electron chi connectivity index (χ3n) is 5.20. The predicted octanol–water partition coefficient (Wildman–Crippen LogP) is 4.29. The number of aromatic nitrogens is 1. The highest BCUT2D eigenvalue weighted by Crippen LogP contribution is 2.39. The van der Waals surface area contributed by atoms with Gasteiger partial charge < -0.3 is 16.2 Å². The number of pyridine rings is 1. The molecule has 0 saturated heterocycles. The molecule has 1 aliphatic rings. The molecule has 2 aromatic carbocycles. The fraction of sp³-hybridized carbons (Fsp3) is 0.238. The van der Waals surface area contributed by atoms with Crippen LogP contribution in [0.4, 0.5) is 5.69 Å². The number of hydrogen-bond acceptors (Lipinski definition) is 4. The van der Waals surface area contributed by atoms with Gasteiger partial charge in [0.05, 0.1) is 11.2 Å². The molecule has 0 unspecified atom stereocenters. The fourth-order valence-corrected chi connectivity index (χ4v) is 3.99. The van der Waals surface area contributed by atoms with Crippen LogP contribution in [0.15, 0.2) is 24.3 Å². The van der Waals surface area contributed by atoms with Crippen LogP contribution >= 0.6 is 0 Å². The van der Waals surface area contributed by atoms with Crippen molar-refractivity contribution >= 4 is 22.8 Å². The van der Waals surface area contributed by atoms with Crippen molar-refractivity contribution < 1.29 is 5.11 Å². The van der Waals surface area contributed by atoms with Crippen molar-refractivity contribution in [1.82, 2.24) is 4.98 Å². The Hall–Kier alpha value is -2.88. The van der Waals surface area contributed by atoms with E-state index < -0.39 is 0 Å². The number of aromatic hydroxyl groups is 1. The Morgan fingerprint density at radius 1 is 1.12 bits per heavy atom. The Kier molecular flexibility index (Phi) is 3.49. The summed E-state index contributed by atoms with van der Waals surface area (Å²) in [5.74, 6) is 0.347. The molecule has 0 amide bonds. The van der Waals surface area contributed by atoms with Gasteiger partial charge >= 0.3 is 0 Å². The van der Waals surface area contributed by atoms with E-state index in [9.17, 15) is 5.11 Å². The highest BCUT2D eigenvalue weighted by atomic mass is 16.3. The van der Waals surface area contributed by atoms with Crippen molar-refractivity contribution in [3.63, 3.8) is 0 Å². The van der Waals surface area contributed by atoms with E-state index in [-0.39, 0.29) is 0 Å². The van der Waals surface area contributed by atoms with Gasteiger partial charge in [-0.1, -0.05) is 0 Å². The van der Waals surface area contributed by atoms with Gasteiger partial charge in [-0.3, -0.25) is 0 Å². The largest absolute Gasteiger partial charge is 0.507 e. The maximum atomic E-state index is 10.1. The van der Waals surface area contributed by atoms with Gasteiger partial charge in [-0.2, -0.15) is 0 Å². The Morgan fingerprint density at radius 2 is 1.80 bits per heavy atom. The lowest BCUT2D eigenvalue weighted by Gasteiger charge is -2.15. The highest BCUT2D eigenvalue weighted by Gasteiger charge is 2.23. The maximum Gasteiger partial charge on any atom is 0.121 e. The minimum Gasteiger partial charge on any atom is -0.507 e. The van der Waals surface area contributed by atoms with Crippen molar-refractivity contribution in [1.29, 1.82) is 5.41 Å². The second-order valence-electron chi connectivity index (χ2n) is 6.84. The van der Waals surface area contributed by atoms with E-state index in [0.717, 1.165) is 58.1 Å². The average Bonchev–Trinajstić information content (AvgIpc) is 3.08. The zero-order valence-electron chi connectivity index (χ0n) is 14.5. The number of nitrogen functional groups attached to an aromatic ring is 1. The molecular weight excluding hydrogens is 310 g/mol. The van der Waals surface area contributed by atoms with E-state index in [4.69, 9.17) is 16.1 Å². The molecule has 1 heterocycles. The lowest BCUT2D eigenvalue weighted by atomic mass is 9.94. The molecule has 4 N–H and O–H groups in total. The summed E-state index contributed by atoms with van der Waals surface area (Å²) >= 11 is 0. The molecule has 0 radical (unpaired) electrons. The number of benzene rings is 2. The molecule has 126 valence electrons. The van der Waals surface area contributed by atoms with Crippen molar-refractivity contribution in [3.8, 4) is 17.0 Å². The maximum absolute atomic E-state index is 10.1. The number of nitrogens with zero attached hydrogens (tertiary/aromatic N) is 1. The topological polar surface area (TPSA) is 83.0 Å². The van der Waals surface area contributed by atoms with E-state index in [1.807, 2.05) is 38.1 Å². The summed E-state index contributed by atoms with van der Waals surface area (Å²) < 4.78 is 0. The molecule has 0 atom stereocenters. The molecule has 25 heavy (non-hydrogen) atoms. The summed E-state index contributed by atoms with van der Waals surface area (Å²) in [4.78, 5) is 4.94. The number of anilines is 1. The van der Waals surface area contributed by atoms with E-state index in [0.29, 0.717) is 11.4 Å². The summed E-state index contributed by atoms with van der Waals surface area (Å²) in [6.07, 6.45) is 4.40. The van der Waals surface area contributed by atoms with E-state index >= 15 is 0 Å². The van der Waals surface area contributed by atoms with Crippen LogP contribution in [0, 0.1) is 19.3 Å². The zero-order chi connectivity index (χ0) is 17.7. The Labute approximate surface area is 146 Å². The first-order chi connectivity index (χ1) is 12.0. The molecule has 0 spiro atoms. The molecule has 1 aromatic heterocycles. The molecule has 4 nitrogen and oxygen atoms in total. The van der Waals surface area contributed by atoms with Gasteiger partial charge in [0.1, 0.15) is 5.75 Å². The Morgan fingerprint density at radius 3 is 2.48 bits per heavy atom. The molecule has 4 heteroatoms. The average molecular weight is 331 g/mol. The van der Waals surface area contributed by atoms with Crippen LogP contribution in [0.5, 0.6) is 5.75 Å². The van der Waals surface area contributed by atoms with Gasteiger partial charge in [-0.05, 0) is 79.6 Å². The minimum atomic E-state index is 0.347. The van der Waals surface area contributed by atoms with Crippen molar-refractivity contribution in [2.45, 2.75) is 33.1 Å². The molecule has 0 bridgehead atoms. The number of nitrogens with one attached hydrogen (secondary N) is 1. The molecule has 1 aliphatic carbocycles. The minimum absolute atomic E-state index is 0.347. The van der Waals surface area contributed by atoms with Crippen molar-refractivity contribution in [2.75, 3.05) is 5.73 Å². The standard InChI is InChI=1S/C21H21N3O/c1-11-8-13(9-12(2)21(11)25)20-15-5-3-4-14(15)19-16(10-22)17(23)6-7-18(19)24-20/h6-10,22,25H,3-5,23H2,1-2H3. The molecule has 4 rings (SSSR count). The van der Waals surface area contributed by atoms with Crippen LogP contribution < -0.4 is 5.73 Å². The second kappa shape index (κ2) is 5.59. The predicted molar refractivity (Wildman–Crippen MR) is 103 cm³/mol. The van der Waals surface area contributed by atoms with E-state index in [1.165, 1.54) is 17.3 Å². The third kappa shape index (κ3) is 2.29. The van der Waals surface area contributed by atoms with Crippen molar-refractivity contribution in [2.24, 2.45) is 0 Å². The van der Waals surface area contributed by atoms with Crippen LogP contribution in [0.3, 0.4) is 0 Å². The number of phenolic OH excluding ortho intramolecular Hbond substituents is 1. The number of fused-ring (bicyclic) bond motifs is 3. The Bertz CT molecular complexity index is 1010. The van der Waals surface area contributed by atoms with Crippen LogP contribution in [-0.4, -0.2) is 16.3 Å². The number of aryl methyl sites for hydroxylation is 3. The quantitative estimate of drug-likeness (QED) is 0.484. The first-order valence-electron chi connectivity index (χ1n) is 8.56. The smallest absolute Gasteiger partial charge is 0.121 e. The number of nitrogens with two attached hydrogens (primary N) is 1. The molecule has 0 fully saturated rings. The monoisotopic (exact) mass is 331 g/mol. The van der Waals surface area contributed by atoms with Gasteiger partial charge in [0.2, 0.25) is 0 Å². The van der Waals surface area contributed by atoms with Crippen LogP contribution in [0.1, 0.15) is 34.2 Å². The van der Waals surface area contributed by atoms with Crippen LogP contribution in [0.2, 0.25) is 0 Å². The van der Waals surface area contributed by atoms with E-state index in [2.05, 4.69) is 0 Å². The third-order valence-corrected chi connectivity index (χ3v) is 5.20. The number of rotatable bonds is 2. The molecule has 0 saturated carbocycles. The highest BCUT2D eigenvalue weighted by molar-refractivity contribution is 6.05. The first kappa shape index (κ1) is 15.6. The lowest BCUT2D eigenvalue weighted by molar-refractivity contribution is 0.467. The van der Waals surface area contributed by atoms with Crippen molar-refractivity contribution in [3.05, 3.63) is 52.1 Å². The summed E-state index contributed by atoms with van der Waals surface area (Å²) in [5.41, 5.74) is 14.7. The van der Waals surface area contributed by atoms with Gasteiger partial charge in [-0.15, -0.1) is 0 Å². The summed E-state index contributed by atoms with van der Waals surface area (Å²) in [5, 5.41) is 18.9. The lowest BCUT2D eigenvalue weighted by Crippen LogP contribution is -2.01. The Balaban J connectivity index is 2.08. The fourth-order valence-electron chi connectivity index (χ4n) is 3.99. The summed E-state index contributed by atoms with van der Waals surface area (Å²) in [7, 11) is 0. The first-order valence-corrected chi connectivity index (χ1v) is 8.56. The second-order valence-corrected chi connectivity index (χ2v) is 6.84. The van der Waals surface area contributed by atoms with E-state index in [1.54, 1.807) is 0 Å². The van der Waals surface area contributed by atoms with Crippen LogP contribution in [0.25, 0.3) is 22.2 Å². The van der Waals surface area contributed by atoms with Gasteiger partial charge in [0, 0.05) is 28.4 Å². The van der Waals surface area contributed by atoms with Gasteiger partial charge in [0.15, 0.2) is 0 Å². The zero-order valence-corrected chi connectivity index (χ0v) is 14.5. The number of hydrogen-bond donors (Lipinski definition) is 3. The van der Waals surface area contributed by atoms with Crippen LogP contribution in [-0.2, 0) is 12.8 Å². The molecule has 0 aliphatic heterocycles. The summed E-state index contributed by atoms with van der Waals surface area (Å²) in [6.45, 7) is 3.84.